The first kappa shape index (κ1) is 22.2. The van der Waals surface area contributed by atoms with E-state index in [9.17, 15) is 0 Å². The van der Waals surface area contributed by atoms with E-state index in [1.807, 2.05) is 6.07 Å². The lowest BCUT2D eigenvalue weighted by Gasteiger charge is -2.31. The van der Waals surface area contributed by atoms with Gasteiger partial charge in [0, 0.05) is 45.9 Å². The number of benzene rings is 1. The molecule has 2 atom stereocenters. The zero-order valence-corrected chi connectivity index (χ0v) is 17.7. The highest BCUT2D eigenvalue weighted by atomic mass is 127. The van der Waals surface area contributed by atoms with Gasteiger partial charge in [-0.3, -0.25) is 4.99 Å². The number of halogens is 1. The second kappa shape index (κ2) is 13.4. The molecule has 0 aliphatic carbocycles. The summed E-state index contributed by atoms with van der Waals surface area (Å²) in [5, 5.41) is 6.68. The smallest absolute Gasteiger partial charge is 0.191 e. The molecule has 0 bridgehead atoms. The van der Waals surface area contributed by atoms with E-state index in [1.165, 1.54) is 5.56 Å². The van der Waals surface area contributed by atoms with Crippen molar-refractivity contribution in [1.82, 2.24) is 10.6 Å². The van der Waals surface area contributed by atoms with Gasteiger partial charge < -0.3 is 20.1 Å². The molecule has 0 aromatic heterocycles. The van der Waals surface area contributed by atoms with Crippen LogP contribution in [-0.4, -0.2) is 45.9 Å². The number of nitrogens with zero attached hydrogens (tertiary/aromatic N) is 1. The third-order valence-corrected chi connectivity index (χ3v) is 4.22. The quantitative estimate of drug-likeness (QED) is 0.270. The lowest BCUT2D eigenvalue weighted by Crippen LogP contribution is -2.38. The number of methoxy groups -OCH3 is 1. The van der Waals surface area contributed by atoms with Crippen molar-refractivity contribution in [3.05, 3.63) is 35.9 Å². The molecule has 25 heavy (non-hydrogen) atoms. The van der Waals surface area contributed by atoms with Gasteiger partial charge >= 0.3 is 0 Å². The summed E-state index contributed by atoms with van der Waals surface area (Å²) < 4.78 is 11.1. The van der Waals surface area contributed by atoms with Gasteiger partial charge in [-0.1, -0.05) is 30.3 Å². The molecule has 1 aliphatic rings. The molecule has 1 aromatic carbocycles. The van der Waals surface area contributed by atoms with Crippen LogP contribution < -0.4 is 10.6 Å². The molecule has 2 N–H and O–H groups in total. The molecule has 0 amide bonds. The number of rotatable bonds is 8. The highest BCUT2D eigenvalue weighted by Gasteiger charge is 2.27. The van der Waals surface area contributed by atoms with Crippen LogP contribution in [0.25, 0.3) is 0 Å². The Bertz CT molecular complexity index is 485. The molecular formula is C19H32IN3O2. The van der Waals surface area contributed by atoms with E-state index in [4.69, 9.17) is 14.5 Å². The molecule has 1 aliphatic heterocycles. The summed E-state index contributed by atoms with van der Waals surface area (Å²) in [5.41, 5.74) is 1.26. The Morgan fingerprint density at radius 3 is 2.80 bits per heavy atom. The van der Waals surface area contributed by atoms with Gasteiger partial charge in [0.1, 0.15) is 0 Å². The Morgan fingerprint density at radius 1 is 1.28 bits per heavy atom. The summed E-state index contributed by atoms with van der Waals surface area (Å²) in [6.45, 7) is 6.19. The number of nitrogens with one attached hydrogen (secondary N) is 2. The third kappa shape index (κ3) is 7.92. The third-order valence-electron chi connectivity index (χ3n) is 4.22. The molecule has 5 nitrogen and oxygen atoms in total. The van der Waals surface area contributed by atoms with Crippen molar-refractivity contribution in [2.24, 2.45) is 10.9 Å². The van der Waals surface area contributed by atoms with Crippen molar-refractivity contribution >= 4 is 29.9 Å². The van der Waals surface area contributed by atoms with Gasteiger partial charge in [0.05, 0.1) is 6.10 Å². The van der Waals surface area contributed by atoms with Crippen LogP contribution in [0.2, 0.25) is 0 Å². The summed E-state index contributed by atoms with van der Waals surface area (Å²) in [4.78, 5) is 4.78. The molecule has 0 saturated carbocycles. The van der Waals surface area contributed by atoms with E-state index in [0.717, 1.165) is 58.1 Å². The zero-order chi connectivity index (χ0) is 17.0. The van der Waals surface area contributed by atoms with Gasteiger partial charge in [0.2, 0.25) is 0 Å². The van der Waals surface area contributed by atoms with E-state index >= 15 is 0 Å². The maximum atomic E-state index is 6.06. The molecule has 2 unspecified atom stereocenters. The fourth-order valence-corrected chi connectivity index (χ4v) is 3.01. The molecule has 6 heteroatoms. The van der Waals surface area contributed by atoms with Crippen LogP contribution in [0, 0.1) is 5.92 Å². The van der Waals surface area contributed by atoms with Gasteiger partial charge in [-0.25, -0.2) is 0 Å². The lowest BCUT2D eigenvalue weighted by molar-refractivity contribution is -0.0250. The van der Waals surface area contributed by atoms with Gasteiger partial charge in [0.25, 0.3) is 0 Å². The van der Waals surface area contributed by atoms with Crippen LogP contribution in [0.4, 0.5) is 0 Å². The molecule has 1 aromatic rings. The average molecular weight is 461 g/mol. The van der Waals surface area contributed by atoms with E-state index in [0.29, 0.717) is 5.92 Å². The number of hydrogen-bond donors (Lipinski definition) is 2. The standard InChI is InChI=1S/C19H31N3O2.HI/c1-3-20-19(21-12-8-13-23-2)22-15-17-11-7-14-24-18(17)16-9-5-4-6-10-16;/h4-6,9-10,17-18H,3,7-8,11-15H2,1-2H3,(H2,20,21,22);1H. The average Bonchev–Trinajstić information content (AvgIpc) is 2.64. The molecule has 0 radical (unpaired) electrons. The number of guanidine groups is 1. The van der Waals surface area contributed by atoms with E-state index < -0.39 is 0 Å². The van der Waals surface area contributed by atoms with E-state index in [2.05, 4.69) is 41.8 Å². The van der Waals surface area contributed by atoms with Gasteiger partial charge in [-0.15, -0.1) is 24.0 Å². The predicted octanol–water partition coefficient (Wildman–Crippen LogP) is 3.36. The number of ether oxygens (including phenoxy) is 2. The molecule has 142 valence electrons. The maximum absolute atomic E-state index is 6.06. The van der Waals surface area contributed by atoms with Crippen LogP contribution in [0.3, 0.4) is 0 Å². The molecule has 1 saturated heterocycles. The second-order valence-electron chi connectivity index (χ2n) is 6.10. The molecule has 2 rings (SSSR count). The molecular weight excluding hydrogens is 429 g/mol. The topological polar surface area (TPSA) is 54.9 Å². The fraction of sp³-hybridized carbons (Fsp3) is 0.632. The van der Waals surface area contributed by atoms with Crippen LogP contribution in [-0.2, 0) is 9.47 Å². The first-order valence-corrected chi connectivity index (χ1v) is 9.02. The first-order valence-electron chi connectivity index (χ1n) is 9.02. The lowest BCUT2D eigenvalue weighted by atomic mass is 9.89. The van der Waals surface area contributed by atoms with Gasteiger partial charge in [-0.05, 0) is 31.7 Å². The Labute approximate surface area is 169 Å². The minimum Gasteiger partial charge on any atom is -0.385 e. The largest absolute Gasteiger partial charge is 0.385 e. The van der Waals surface area contributed by atoms with E-state index in [-0.39, 0.29) is 30.1 Å². The molecule has 1 fully saturated rings. The van der Waals surface area contributed by atoms with Gasteiger partial charge in [0.15, 0.2) is 5.96 Å². The SMILES string of the molecule is CCNC(=NCC1CCCOC1c1ccccc1)NCCCOC.I. The summed E-state index contributed by atoms with van der Waals surface area (Å²) >= 11 is 0. The summed E-state index contributed by atoms with van der Waals surface area (Å²) in [6, 6.07) is 10.5. The van der Waals surface area contributed by atoms with Crippen molar-refractivity contribution in [2.45, 2.75) is 32.3 Å². The summed E-state index contributed by atoms with van der Waals surface area (Å²) in [7, 11) is 1.73. The van der Waals surface area contributed by atoms with Crippen LogP contribution >= 0.6 is 24.0 Å². The fourth-order valence-electron chi connectivity index (χ4n) is 3.01. The van der Waals surface area contributed by atoms with Crippen molar-refractivity contribution in [3.8, 4) is 0 Å². The van der Waals surface area contributed by atoms with Gasteiger partial charge in [-0.2, -0.15) is 0 Å². The number of aliphatic imine (C=N–C) groups is 1. The Morgan fingerprint density at radius 2 is 2.08 bits per heavy atom. The first-order chi connectivity index (χ1) is 11.8. The zero-order valence-electron chi connectivity index (χ0n) is 15.4. The van der Waals surface area contributed by atoms with Crippen molar-refractivity contribution in [3.63, 3.8) is 0 Å². The van der Waals surface area contributed by atoms with Crippen LogP contribution in [0.5, 0.6) is 0 Å². The highest BCUT2D eigenvalue weighted by molar-refractivity contribution is 14.0. The Balaban J connectivity index is 0.00000312. The minimum atomic E-state index is 0. The Hall–Kier alpha value is -0.860. The normalized spacial score (nSPS) is 20.6. The van der Waals surface area contributed by atoms with E-state index in [1.54, 1.807) is 7.11 Å². The van der Waals surface area contributed by atoms with Crippen molar-refractivity contribution < 1.29 is 9.47 Å². The minimum absolute atomic E-state index is 0. The maximum Gasteiger partial charge on any atom is 0.191 e. The second-order valence-corrected chi connectivity index (χ2v) is 6.10. The van der Waals surface area contributed by atoms with Crippen molar-refractivity contribution in [1.29, 1.82) is 0 Å². The Kier molecular flexibility index (Phi) is 11.9. The monoisotopic (exact) mass is 461 g/mol. The highest BCUT2D eigenvalue weighted by Crippen LogP contribution is 2.33. The van der Waals surface area contributed by atoms with Crippen LogP contribution in [0.15, 0.2) is 35.3 Å². The number of hydrogen-bond acceptors (Lipinski definition) is 3. The summed E-state index contributed by atoms with van der Waals surface area (Å²) in [6.07, 6.45) is 3.40. The predicted molar refractivity (Wildman–Crippen MR) is 114 cm³/mol. The molecule has 1 heterocycles. The summed E-state index contributed by atoms with van der Waals surface area (Å²) in [5.74, 6) is 1.31. The van der Waals surface area contributed by atoms with Crippen molar-refractivity contribution in [2.75, 3.05) is 40.0 Å². The molecule has 0 spiro atoms. The van der Waals surface area contributed by atoms with Crippen LogP contribution in [0.1, 0.15) is 37.9 Å².